The molecule has 0 aromatic heterocycles. The molecule has 2 aromatic rings. The SMILES string of the molecule is COc1ccc(C(C)(O)/C(CCC(=O)NCc2ccccc2)=N/O)cc1. The number of ether oxygens (including phenoxy) is 1. The molecule has 1 unspecified atom stereocenters. The van der Waals surface area contributed by atoms with Crippen LogP contribution in [-0.4, -0.2) is 29.0 Å². The van der Waals surface area contributed by atoms with E-state index in [1.807, 2.05) is 30.3 Å². The summed E-state index contributed by atoms with van der Waals surface area (Å²) in [6, 6.07) is 16.4. The van der Waals surface area contributed by atoms with Crippen LogP contribution < -0.4 is 10.1 Å². The highest BCUT2D eigenvalue weighted by atomic mass is 16.5. The second kappa shape index (κ2) is 9.01. The second-order valence-corrected chi connectivity index (χ2v) is 6.11. The Morgan fingerprint density at radius 2 is 1.77 bits per heavy atom. The Kier molecular flexibility index (Phi) is 6.74. The van der Waals surface area contributed by atoms with Gasteiger partial charge in [-0.2, -0.15) is 0 Å². The summed E-state index contributed by atoms with van der Waals surface area (Å²) in [6.45, 7) is 1.96. The van der Waals surface area contributed by atoms with Gasteiger partial charge in [-0.1, -0.05) is 47.6 Å². The molecule has 6 heteroatoms. The number of nitrogens with one attached hydrogen (secondary N) is 1. The lowest BCUT2D eigenvalue weighted by molar-refractivity contribution is -0.121. The van der Waals surface area contributed by atoms with E-state index in [0.29, 0.717) is 17.9 Å². The molecule has 0 aliphatic carbocycles. The number of carbonyl (C=O) groups is 1. The summed E-state index contributed by atoms with van der Waals surface area (Å²) in [4.78, 5) is 12.0. The maximum atomic E-state index is 12.0. The molecule has 0 spiro atoms. The summed E-state index contributed by atoms with van der Waals surface area (Å²) in [7, 11) is 1.56. The van der Waals surface area contributed by atoms with Gasteiger partial charge in [-0.05, 0) is 30.2 Å². The van der Waals surface area contributed by atoms with Crippen molar-refractivity contribution in [2.75, 3.05) is 7.11 Å². The van der Waals surface area contributed by atoms with Crippen LogP contribution in [0.2, 0.25) is 0 Å². The van der Waals surface area contributed by atoms with Gasteiger partial charge in [0.25, 0.3) is 0 Å². The number of nitrogens with zero attached hydrogens (tertiary/aromatic N) is 1. The highest BCUT2D eigenvalue weighted by Crippen LogP contribution is 2.26. The van der Waals surface area contributed by atoms with Gasteiger partial charge >= 0.3 is 0 Å². The number of oxime groups is 1. The van der Waals surface area contributed by atoms with Gasteiger partial charge in [-0.3, -0.25) is 4.79 Å². The Balaban J connectivity index is 1.93. The van der Waals surface area contributed by atoms with E-state index in [-0.39, 0.29) is 24.5 Å². The van der Waals surface area contributed by atoms with Gasteiger partial charge in [0, 0.05) is 19.4 Å². The summed E-state index contributed by atoms with van der Waals surface area (Å²) in [6.07, 6.45) is 0.245. The predicted molar refractivity (Wildman–Crippen MR) is 99.3 cm³/mol. The monoisotopic (exact) mass is 356 g/mol. The number of benzene rings is 2. The summed E-state index contributed by atoms with van der Waals surface area (Å²) in [5.74, 6) is 0.480. The number of amides is 1. The van der Waals surface area contributed by atoms with Crippen LogP contribution in [0.4, 0.5) is 0 Å². The lowest BCUT2D eigenvalue weighted by atomic mass is 9.88. The zero-order chi connectivity index (χ0) is 19.0. The van der Waals surface area contributed by atoms with Crippen molar-refractivity contribution in [2.45, 2.75) is 31.9 Å². The first kappa shape index (κ1) is 19.5. The Hall–Kier alpha value is -2.86. The van der Waals surface area contributed by atoms with Gasteiger partial charge in [0.15, 0.2) is 0 Å². The first-order chi connectivity index (χ1) is 12.5. The minimum absolute atomic E-state index is 0.110. The number of carbonyl (C=O) groups excluding carboxylic acids is 1. The van der Waals surface area contributed by atoms with E-state index in [0.717, 1.165) is 5.56 Å². The van der Waals surface area contributed by atoms with Crippen molar-refractivity contribution in [3.8, 4) is 5.75 Å². The molecule has 6 nitrogen and oxygen atoms in total. The largest absolute Gasteiger partial charge is 0.497 e. The van der Waals surface area contributed by atoms with E-state index >= 15 is 0 Å². The molecular formula is C20H24N2O4. The van der Waals surface area contributed by atoms with Crippen LogP contribution in [0.3, 0.4) is 0 Å². The Morgan fingerprint density at radius 1 is 1.12 bits per heavy atom. The number of hydrogen-bond acceptors (Lipinski definition) is 5. The molecule has 0 bridgehead atoms. The van der Waals surface area contributed by atoms with Crippen LogP contribution in [0.25, 0.3) is 0 Å². The zero-order valence-electron chi connectivity index (χ0n) is 15.0. The molecule has 138 valence electrons. The van der Waals surface area contributed by atoms with Crippen molar-refractivity contribution < 1.29 is 19.8 Å². The van der Waals surface area contributed by atoms with Gasteiger partial charge in [0.2, 0.25) is 5.91 Å². The average Bonchev–Trinajstić information content (AvgIpc) is 2.67. The fraction of sp³-hybridized carbons (Fsp3) is 0.300. The fourth-order valence-electron chi connectivity index (χ4n) is 2.59. The molecule has 26 heavy (non-hydrogen) atoms. The van der Waals surface area contributed by atoms with Gasteiger partial charge in [-0.15, -0.1) is 0 Å². The minimum Gasteiger partial charge on any atom is -0.497 e. The van der Waals surface area contributed by atoms with Crippen molar-refractivity contribution in [1.82, 2.24) is 5.32 Å². The van der Waals surface area contributed by atoms with E-state index in [1.165, 1.54) is 6.92 Å². The molecule has 1 atom stereocenters. The topological polar surface area (TPSA) is 91.2 Å². The lowest BCUT2D eigenvalue weighted by Gasteiger charge is -2.25. The highest BCUT2D eigenvalue weighted by Gasteiger charge is 2.30. The summed E-state index contributed by atoms with van der Waals surface area (Å²) in [5.41, 5.74) is 0.191. The van der Waals surface area contributed by atoms with Gasteiger partial charge < -0.3 is 20.4 Å². The molecule has 0 heterocycles. The number of aliphatic hydroxyl groups is 1. The fourth-order valence-corrected chi connectivity index (χ4v) is 2.59. The van der Waals surface area contributed by atoms with Gasteiger partial charge in [0.1, 0.15) is 11.4 Å². The van der Waals surface area contributed by atoms with Crippen LogP contribution in [0.1, 0.15) is 30.9 Å². The third-order valence-electron chi connectivity index (χ3n) is 4.26. The molecule has 0 aliphatic heterocycles. The molecule has 0 saturated carbocycles. The molecule has 0 radical (unpaired) electrons. The number of rotatable bonds is 8. The maximum absolute atomic E-state index is 12.0. The third kappa shape index (κ3) is 5.07. The van der Waals surface area contributed by atoms with Gasteiger partial charge in [-0.25, -0.2) is 0 Å². The van der Waals surface area contributed by atoms with Crippen molar-refractivity contribution in [2.24, 2.45) is 5.16 Å². The van der Waals surface area contributed by atoms with E-state index in [1.54, 1.807) is 31.4 Å². The molecule has 1 amide bonds. The van der Waals surface area contributed by atoms with Crippen molar-refractivity contribution in [3.05, 3.63) is 65.7 Å². The Morgan fingerprint density at radius 3 is 2.35 bits per heavy atom. The standard InChI is InChI=1S/C20H24N2O4/c1-20(24,16-8-10-17(26-2)11-9-16)18(22-25)12-13-19(23)21-14-15-6-4-3-5-7-15/h3-11,24-25H,12-14H2,1-2H3,(H,21,23)/b22-18+. The molecular weight excluding hydrogens is 332 g/mol. The first-order valence-electron chi connectivity index (χ1n) is 8.36. The maximum Gasteiger partial charge on any atom is 0.220 e. The van der Waals surface area contributed by atoms with E-state index < -0.39 is 5.60 Å². The summed E-state index contributed by atoms with van der Waals surface area (Å²) < 4.78 is 5.10. The molecule has 0 aliphatic rings. The van der Waals surface area contributed by atoms with E-state index in [2.05, 4.69) is 10.5 Å². The number of hydrogen-bond donors (Lipinski definition) is 3. The molecule has 2 rings (SSSR count). The second-order valence-electron chi connectivity index (χ2n) is 6.11. The predicted octanol–water partition coefficient (Wildman–Crippen LogP) is 2.83. The number of methoxy groups -OCH3 is 1. The first-order valence-corrected chi connectivity index (χ1v) is 8.36. The van der Waals surface area contributed by atoms with Crippen molar-refractivity contribution in [3.63, 3.8) is 0 Å². The Labute approximate surface area is 153 Å². The normalized spacial score (nSPS) is 13.7. The quantitative estimate of drug-likeness (QED) is 0.385. The lowest BCUT2D eigenvalue weighted by Crippen LogP contribution is -2.34. The molecule has 3 N–H and O–H groups in total. The average molecular weight is 356 g/mol. The molecule has 0 saturated heterocycles. The van der Waals surface area contributed by atoms with Crippen LogP contribution in [0, 0.1) is 0 Å². The minimum atomic E-state index is -1.49. The molecule has 2 aromatic carbocycles. The third-order valence-corrected chi connectivity index (χ3v) is 4.26. The van der Waals surface area contributed by atoms with Crippen molar-refractivity contribution in [1.29, 1.82) is 0 Å². The zero-order valence-corrected chi connectivity index (χ0v) is 15.0. The van der Waals surface area contributed by atoms with Gasteiger partial charge in [0.05, 0.1) is 12.8 Å². The summed E-state index contributed by atoms with van der Waals surface area (Å²) in [5, 5.41) is 26.1. The van der Waals surface area contributed by atoms with Crippen LogP contribution in [0.15, 0.2) is 59.8 Å². The van der Waals surface area contributed by atoms with E-state index in [4.69, 9.17) is 4.74 Å². The molecule has 0 fully saturated rings. The summed E-state index contributed by atoms with van der Waals surface area (Å²) >= 11 is 0. The highest BCUT2D eigenvalue weighted by molar-refractivity contribution is 5.95. The van der Waals surface area contributed by atoms with Crippen molar-refractivity contribution >= 4 is 11.6 Å². The smallest absolute Gasteiger partial charge is 0.220 e. The van der Waals surface area contributed by atoms with E-state index in [9.17, 15) is 15.1 Å². The Bertz CT molecular complexity index is 740. The van der Waals surface area contributed by atoms with Crippen LogP contribution in [0.5, 0.6) is 5.75 Å². The van der Waals surface area contributed by atoms with Crippen LogP contribution >= 0.6 is 0 Å². The van der Waals surface area contributed by atoms with Crippen LogP contribution in [-0.2, 0) is 16.9 Å².